The van der Waals surface area contributed by atoms with Gasteiger partial charge in [-0.25, -0.2) is 0 Å². The minimum atomic E-state index is -0.0624. The average Bonchev–Trinajstić information content (AvgIpc) is 3.03. The maximum atomic E-state index is 12.6. The molecule has 0 aliphatic heterocycles. The number of furan rings is 1. The molecule has 2 rings (SSSR count). The number of hydrogen-bond donors (Lipinski definition) is 0. The molecule has 4 nitrogen and oxygen atoms in total. The van der Waals surface area contributed by atoms with Crippen LogP contribution in [-0.2, 0) is 6.61 Å². The second-order valence-corrected chi connectivity index (χ2v) is 5.12. The lowest BCUT2D eigenvalue weighted by atomic mass is 10.2. The van der Waals surface area contributed by atoms with Gasteiger partial charge in [0.2, 0.25) is 0 Å². The third kappa shape index (κ3) is 4.13. The van der Waals surface area contributed by atoms with E-state index in [1.54, 1.807) is 12.3 Å². The van der Waals surface area contributed by atoms with E-state index in [1.165, 1.54) is 0 Å². The van der Waals surface area contributed by atoms with E-state index in [4.69, 9.17) is 9.15 Å². The van der Waals surface area contributed by atoms with Crippen molar-refractivity contribution in [3.05, 3.63) is 54.0 Å². The maximum Gasteiger partial charge on any atom is 0.289 e. The molecule has 1 aromatic carbocycles. The summed E-state index contributed by atoms with van der Waals surface area (Å²) in [6.45, 7) is 5.86. The predicted molar refractivity (Wildman–Crippen MR) is 86.0 cm³/mol. The first-order valence-corrected chi connectivity index (χ1v) is 7.79. The second kappa shape index (κ2) is 8.27. The Morgan fingerprint density at radius 3 is 2.64 bits per heavy atom. The molecule has 0 saturated carbocycles. The number of unbranched alkanes of at least 4 members (excludes halogenated alkanes) is 1. The fourth-order valence-electron chi connectivity index (χ4n) is 2.21. The van der Waals surface area contributed by atoms with Crippen molar-refractivity contribution in [3.8, 4) is 5.75 Å². The Morgan fingerprint density at radius 2 is 1.95 bits per heavy atom. The molecule has 1 aromatic heterocycles. The maximum absolute atomic E-state index is 12.6. The molecule has 4 heteroatoms. The van der Waals surface area contributed by atoms with E-state index in [0.29, 0.717) is 18.9 Å². The number of nitrogens with zero attached hydrogens (tertiary/aromatic N) is 1. The van der Waals surface area contributed by atoms with E-state index < -0.39 is 0 Å². The van der Waals surface area contributed by atoms with E-state index in [-0.39, 0.29) is 5.91 Å². The van der Waals surface area contributed by atoms with Crippen molar-refractivity contribution in [3.63, 3.8) is 0 Å². The summed E-state index contributed by atoms with van der Waals surface area (Å²) < 4.78 is 11.1. The van der Waals surface area contributed by atoms with Crippen LogP contribution in [0.1, 0.15) is 42.8 Å². The van der Waals surface area contributed by atoms with Gasteiger partial charge in [-0.15, -0.1) is 0 Å². The van der Waals surface area contributed by atoms with Gasteiger partial charge in [0.25, 0.3) is 5.91 Å². The van der Waals surface area contributed by atoms with Crippen molar-refractivity contribution in [2.45, 2.75) is 33.3 Å². The second-order valence-electron chi connectivity index (χ2n) is 5.12. The van der Waals surface area contributed by atoms with E-state index in [2.05, 4.69) is 6.92 Å². The standard InChI is InChI=1S/C18H23NO3/c1-3-5-12-19(4-2)18(20)17-15(11-13-21-17)14-22-16-9-7-6-8-10-16/h6-11,13H,3-5,12,14H2,1-2H3. The predicted octanol–water partition coefficient (Wildman–Crippen LogP) is 4.12. The number of para-hydroxylation sites is 1. The van der Waals surface area contributed by atoms with Crippen LogP contribution in [0.3, 0.4) is 0 Å². The smallest absolute Gasteiger partial charge is 0.289 e. The van der Waals surface area contributed by atoms with Crippen molar-refractivity contribution in [2.75, 3.05) is 13.1 Å². The highest BCUT2D eigenvalue weighted by Crippen LogP contribution is 2.17. The minimum absolute atomic E-state index is 0.0624. The molecule has 0 aliphatic rings. The Kier molecular flexibility index (Phi) is 6.07. The Hall–Kier alpha value is -2.23. The summed E-state index contributed by atoms with van der Waals surface area (Å²) in [5, 5.41) is 0. The molecule has 0 aliphatic carbocycles. The summed E-state index contributed by atoms with van der Waals surface area (Å²) in [7, 11) is 0. The van der Waals surface area contributed by atoms with Crippen LogP contribution in [0.25, 0.3) is 0 Å². The van der Waals surface area contributed by atoms with Crippen LogP contribution in [0.2, 0.25) is 0 Å². The Labute approximate surface area is 131 Å². The molecule has 0 radical (unpaired) electrons. The lowest BCUT2D eigenvalue weighted by Gasteiger charge is -2.19. The molecule has 22 heavy (non-hydrogen) atoms. The van der Waals surface area contributed by atoms with Gasteiger partial charge < -0.3 is 14.1 Å². The normalized spacial score (nSPS) is 10.5. The van der Waals surface area contributed by atoms with Gasteiger partial charge in [-0.2, -0.15) is 0 Å². The third-order valence-corrected chi connectivity index (χ3v) is 3.53. The fourth-order valence-corrected chi connectivity index (χ4v) is 2.21. The van der Waals surface area contributed by atoms with Crippen molar-refractivity contribution < 1.29 is 13.9 Å². The van der Waals surface area contributed by atoms with Gasteiger partial charge in [0.1, 0.15) is 12.4 Å². The van der Waals surface area contributed by atoms with Gasteiger partial charge in [0.15, 0.2) is 5.76 Å². The summed E-state index contributed by atoms with van der Waals surface area (Å²) in [5.74, 6) is 1.10. The van der Waals surface area contributed by atoms with Gasteiger partial charge in [-0.3, -0.25) is 4.79 Å². The van der Waals surface area contributed by atoms with E-state index in [0.717, 1.165) is 30.7 Å². The third-order valence-electron chi connectivity index (χ3n) is 3.53. The summed E-state index contributed by atoms with van der Waals surface area (Å²) in [5.41, 5.74) is 0.781. The van der Waals surface area contributed by atoms with Crippen LogP contribution in [0, 0.1) is 0 Å². The number of ether oxygens (including phenoxy) is 1. The molecule has 0 spiro atoms. The van der Waals surface area contributed by atoms with Crippen molar-refractivity contribution in [2.24, 2.45) is 0 Å². The van der Waals surface area contributed by atoms with Crippen LogP contribution in [0.4, 0.5) is 0 Å². The summed E-state index contributed by atoms with van der Waals surface area (Å²) in [6, 6.07) is 11.3. The highest BCUT2D eigenvalue weighted by atomic mass is 16.5. The van der Waals surface area contributed by atoms with E-state index in [1.807, 2.05) is 42.2 Å². The fraction of sp³-hybridized carbons (Fsp3) is 0.389. The molecule has 0 fully saturated rings. The first-order chi connectivity index (χ1) is 10.8. The Morgan fingerprint density at radius 1 is 1.18 bits per heavy atom. The number of carbonyl (C=O) groups excluding carboxylic acids is 1. The SMILES string of the molecule is CCCCN(CC)C(=O)c1occc1COc1ccccc1. The van der Waals surface area contributed by atoms with Gasteiger partial charge in [0.05, 0.1) is 6.26 Å². The van der Waals surface area contributed by atoms with Crippen molar-refractivity contribution in [1.82, 2.24) is 4.90 Å². The van der Waals surface area contributed by atoms with Crippen LogP contribution in [0.15, 0.2) is 47.1 Å². The van der Waals surface area contributed by atoms with E-state index in [9.17, 15) is 4.79 Å². The van der Waals surface area contributed by atoms with Crippen LogP contribution < -0.4 is 4.74 Å². The Balaban J connectivity index is 2.03. The molecule has 2 aromatic rings. The summed E-state index contributed by atoms with van der Waals surface area (Å²) >= 11 is 0. The van der Waals surface area contributed by atoms with Crippen LogP contribution in [-0.4, -0.2) is 23.9 Å². The number of benzene rings is 1. The molecular formula is C18H23NO3. The summed E-state index contributed by atoms with van der Waals surface area (Å²) in [6.07, 6.45) is 3.60. The number of carbonyl (C=O) groups is 1. The lowest BCUT2D eigenvalue weighted by molar-refractivity contribution is 0.0726. The highest BCUT2D eigenvalue weighted by molar-refractivity contribution is 5.92. The first-order valence-electron chi connectivity index (χ1n) is 7.79. The van der Waals surface area contributed by atoms with Crippen LogP contribution in [0.5, 0.6) is 5.75 Å². The molecule has 0 atom stereocenters. The van der Waals surface area contributed by atoms with Gasteiger partial charge in [0, 0.05) is 18.7 Å². The van der Waals surface area contributed by atoms with Crippen LogP contribution >= 0.6 is 0 Å². The van der Waals surface area contributed by atoms with Gasteiger partial charge in [-0.1, -0.05) is 31.5 Å². The molecular weight excluding hydrogens is 278 g/mol. The summed E-state index contributed by atoms with van der Waals surface area (Å²) in [4.78, 5) is 14.4. The Bertz CT molecular complexity index is 577. The molecule has 118 valence electrons. The molecule has 0 unspecified atom stereocenters. The number of hydrogen-bond acceptors (Lipinski definition) is 3. The molecule has 0 N–H and O–H groups in total. The zero-order valence-corrected chi connectivity index (χ0v) is 13.2. The topological polar surface area (TPSA) is 42.7 Å². The number of amides is 1. The minimum Gasteiger partial charge on any atom is -0.489 e. The van der Waals surface area contributed by atoms with Crippen molar-refractivity contribution in [1.29, 1.82) is 0 Å². The van der Waals surface area contributed by atoms with Gasteiger partial charge >= 0.3 is 0 Å². The molecule has 0 bridgehead atoms. The van der Waals surface area contributed by atoms with E-state index >= 15 is 0 Å². The lowest BCUT2D eigenvalue weighted by Crippen LogP contribution is -2.32. The quantitative estimate of drug-likeness (QED) is 0.736. The van der Waals surface area contributed by atoms with Gasteiger partial charge in [-0.05, 0) is 31.5 Å². The number of rotatable bonds is 8. The van der Waals surface area contributed by atoms with Crippen molar-refractivity contribution >= 4 is 5.91 Å². The molecule has 0 saturated heterocycles. The molecule has 1 heterocycles. The largest absolute Gasteiger partial charge is 0.489 e. The zero-order valence-electron chi connectivity index (χ0n) is 13.2. The zero-order chi connectivity index (χ0) is 15.8. The monoisotopic (exact) mass is 301 g/mol. The molecule has 1 amide bonds. The average molecular weight is 301 g/mol. The first kappa shape index (κ1) is 16.1. The highest BCUT2D eigenvalue weighted by Gasteiger charge is 2.21.